The Hall–Kier alpha value is -3.31. The molecule has 0 saturated carbocycles. The van der Waals surface area contributed by atoms with Gasteiger partial charge >= 0.3 is 0 Å². The molecule has 0 radical (unpaired) electrons. The van der Waals surface area contributed by atoms with Gasteiger partial charge in [0.15, 0.2) is 5.17 Å². The van der Waals surface area contributed by atoms with Gasteiger partial charge < -0.3 is 4.74 Å². The van der Waals surface area contributed by atoms with Crippen molar-refractivity contribution in [3.63, 3.8) is 0 Å². The van der Waals surface area contributed by atoms with E-state index in [4.69, 9.17) is 9.73 Å². The van der Waals surface area contributed by atoms with Crippen LogP contribution in [0.2, 0.25) is 0 Å². The minimum absolute atomic E-state index is 0.00748. The fourth-order valence-electron chi connectivity index (χ4n) is 3.32. The zero-order valence-corrected chi connectivity index (χ0v) is 18.9. The molecule has 0 unspecified atom stereocenters. The third-order valence-electron chi connectivity index (χ3n) is 4.99. The summed E-state index contributed by atoms with van der Waals surface area (Å²) in [6, 6.07) is 27.8. The average molecular weight is 443 g/mol. The topological polar surface area (TPSA) is 41.9 Å². The number of hydrogen-bond acceptors (Lipinski definition) is 4. The lowest BCUT2D eigenvalue weighted by molar-refractivity contribution is -0.122. The van der Waals surface area contributed by atoms with Crippen LogP contribution in [0.4, 0.5) is 5.69 Å². The van der Waals surface area contributed by atoms with Gasteiger partial charge in [0.05, 0.1) is 17.2 Å². The number of aliphatic imine (C=N–C) groups is 1. The van der Waals surface area contributed by atoms with Crippen molar-refractivity contribution in [2.24, 2.45) is 4.99 Å². The highest BCUT2D eigenvalue weighted by Crippen LogP contribution is 2.34. The number of para-hydroxylation sites is 1. The molecule has 0 atom stereocenters. The van der Waals surface area contributed by atoms with Gasteiger partial charge in [-0.3, -0.25) is 9.69 Å². The van der Waals surface area contributed by atoms with Crippen molar-refractivity contribution < 1.29 is 9.53 Å². The van der Waals surface area contributed by atoms with E-state index in [1.54, 1.807) is 4.90 Å². The summed E-state index contributed by atoms with van der Waals surface area (Å²) in [6.45, 7) is 3.37. The van der Waals surface area contributed by atoms with Crippen molar-refractivity contribution in [3.05, 3.63) is 101 Å². The fraction of sp³-hybridized carbons (Fsp3) is 0.185. The Balaban J connectivity index is 1.56. The summed E-state index contributed by atoms with van der Waals surface area (Å²) in [5.41, 5.74) is 3.00. The number of thioether (sulfide) groups is 1. The van der Waals surface area contributed by atoms with E-state index in [0.29, 0.717) is 23.2 Å². The Bertz CT molecular complexity index is 1090. The van der Waals surface area contributed by atoms with Crippen molar-refractivity contribution in [1.29, 1.82) is 0 Å². The van der Waals surface area contributed by atoms with Crippen molar-refractivity contribution in [3.8, 4) is 5.75 Å². The van der Waals surface area contributed by atoms with Gasteiger partial charge in [-0.2, -0.15) is 0 Å². The van der Waals surface area contributed by atoms with Gasteiger partial charge in [0.25, 0.3) is 5.91 Å². The lowest BCUT2D eigenvalue weighted by Gasteiger charge is -2.15. The zero-order valence-electron chi connectivity index (χ0n) is 18.1. The molecule has 0 aromatic heterocycles. The van der Waals surface area contributed by atoms with E-state index in [-0.39, 0.29) is 5.91 Å². The number of carbonyl (C=O) groups excluding carboxylic acids is 1. The van der Waals surface area contributed by atoms with E-state index in [2.05, 4.69) is 19.1 Å². The molecule has 5 heteroatoms. The second-order valence-electron chi connectivity index (χ2n) is 7.45. The number of amides is 1. The third kappa shape index (κ3) is 5.68. The van der Waals surface area contributed by atoms with Crippen molar-refractivity contribution >= 4 is 34.6 Å². The average Bonchev–Trinajstić information content (AvgIpc) is 3.12. The van der Waals surface area contributed by atoms with E-state index < -0.39 is 0 Å². The van der Waals surface area contributed by atoms with Crippen LogP contribution in [0.25, 0.3) is 6.08 Å². The highest BCUT2D eigenvalue weighted by atomic mass is 32.2. The summed E-state index contributed by atoms with van der Waals surface area (Å²) in [7, 11) is 0. The Morgan fingerprint density at radius 2 is 1.62 bits per heavy atom. The minimum Gasteiger partial charge on any atom is -0.494 e. The highest BCUT2D eigenvalue weighted by Gasteiger charge is 2.33. The Morgan fingerprint density at radius 3 is 2.31 bits per heavy atom. The molecule has 1 fully saturated rings. The van der Waals surface area contributed by atoms with Crippen molar-refractivity contribution in [2.75, 3.05) is 13.2 Å². The van der Waals surface area contributed by atoms with Crippen LogP contribution in [0.5, 0.6) is 5.75 Å². The first-order valence-electron chi connectivity index (χ1n) is 10.8. The normalized spacial score (nSPS) is 16.2. The molecule has 1 heterocycles. The summed E-state index contributed by atoms with van der Waals surface area (Å²) in [6.07, 6.45) is 3.68. The molecule has 0 spiro atoms. The molecule has 32 heavy (non-hydrogen) atoms. The molecule has 1 saturated heterocycles. The van der Waals surface area contributed by atoms with E-state index in [1.807, 2.05) is 78.9 Å². The number of amidine groups is 1. The molecule has 1 aliphatic rings. The van der Waals surface area contributed by atoms with Crippen molar-refractivity contribution in [1.82, 2.24) is 4.90 Å². The number of carbonyl (C=O) groups is 1. The second-order valence-corrected chi connectivity index (χ2v) is 8.46. The van der Waals surface area contributed by atoms with Crippen molar-refractivity contribution in [2.45, 2.75) is 19.8 Å². The molecular weight excluding hydrogens is 416 g/mol. The fourth-order valence-corrected chi connectivity index (χ4v) is 4.34. The standard InChI is InChI=1S/C27H26N2O2S/c1-2-19-31-24-15-13-22(14-16-24)20-25-26(30)29(18-17-21-9-5-3-6-10-21)27(32-25)28-23-11-7-4-8-12-23/h3-16,20H,2,17-19H2,1H3/b25-20+,28-27?. The molecule has 3 aromatic rings. The number of hydrogen-bond donors (Lipinski definition) is 0. The van der Waals surface area contributed by atoms with Crippen LogP contribution in [-0.2, 0) is 11.2 Å². The van der Waals surface area contributed by atoms with E-state index >= 15 is 0 Å². The van der Waals surface area contributed by atoms with E-state index in [0.717, 1.165) is 29.8 Å². The van der Waals surface area contributed by atoms with Gasteiger partial charge in [0, 0.05) is 6.54 Å². The zero-order chi connectivity index (χ0) is 22.2. The molecule has 4 rings (SSSR count). The van der Waals surface area contributed by atoms with Gasteiger partial charge in [0.2, 0.25) is 0 Å². The summed E-state index contributed by atoms with van der Waals surface area (Å²) < 4.78 is 5.66. The smallest absolute Gasteiger partial charge is 0.266 e. The number of benzene rings is 3. The van der Waals surface area contributed by atoms with Crippen LogP contribution in [0.1, 0.15) is 24.5 Å². The minimum atomic E-state index is -0.00748. The third-order valence-corrected chi connectivity index (χ3v) is 5.99. The Kier molecular flexibility index (Phi) is 7.41. The molecule has 4 nitrogen and oxygen atoms in total. The summed E-state index contributed by atoms with van der Waals surface area (Å²) in [5.74, 6) is 0.835. The molecular formula is C27H26N2O2S. The van der Waals surface area contributed by atoms with Gasteiger partial charge in [-0.1, -0.05) is 67.6 Å². The lowest BCUT2D eigenvalue weighted by atomic mass is 10.1. The van der Waals surface area contributed by atoms with Gasteiger partial charge in [-0.05, 0) is 66.1 Å². The maximum atomic E-state index is 13.3. The molecule has 162 valence electrons. The largest absolute Gasteiger partial charge is 0.494 e. The molecule has 0 bridgehead atoms. The molecule has 0 N–H and O–H groups in total. The van der Waals surface area contributed by atoms with Gasteiger partial charge in [-0.15, -0.1) is 0 Å². The van der Waals surface area contributed by atoms with Crippen LogP contribution < -0.4 is 4.74 Å². The second kappa shape index (κ2) is 10.8. The maximum Gasteiger partial charge on any atom is 0.266 e. The summed E-state index contributed by atoms with van der Waals surface area (Å²) in [4.78, 5) is 20.5. The predicted octanol–water partition coefficient (Wildman–Crippen LogP) is 6.32. The van der Waals surface area contributed by atoms with Crippen LogP contribution in [-0.4, -0.2) is 29.1 Å². The van der Waals surface area contributed by atoms with Crippen LogP contribution in [0.3, 0.4) is 0 Å². The monoisotopic (exact) mass is 442 g/mol. The molecule has 1 amide bonds. The van der Waals surface area contributed by atoms with Gasteiger partial charge in [-0.25, -0.2) is 4.99 Å². The van der Waals surface area contributed by atoms with E-state index in [9.17, 15) is 4.79 Å². The quantitative estimate of drug-likeness (QED) is 0.383. The first-order chi connectivity index (χ1) is 15.7. The van der Waals surface area contributed by atoms with Crippen LogP contribution in [0, 0.1) is 0 Å². The summed E-state index contributed by atoms with van der Waals surface area (Å²) >= 11 is 1.43. The predicted molar refractivity (Wildman–Crippen MR) is 133 cm³/mol. The number of rotatable bonds is 8. The number of ether oxygens (including phenoxy) is 1. The van der Waals surface area contributed by atoms with Crippen LogP contribution in [0.15, 0.2) is 94.8 Å². The highest BCUT2D eigenvalue weighted by molar-refractivity contribution is 8.18. The first kappa shape index (κ1) is 21.9. The van der Waals surface area contributed by atoms with Crippen LogP contribution >= 0.6 is 11.8 Å². The van der Waals surface area contributed by atoms with Gasteiger partial charge in [0.1, 0.15) is 5.75 Å². The molecule has 1 aliphatic heterocycles. The summed E-state index contributed by atoms with van der Waals surface area (Å²) in [5, 5.41) is 0.714. The number of nitrogens with zero attached hydrogens (tertiary/aromatic N) is 2. The molecule has 3 aromatic carbocycles. The maximum absolute atomic E-state index is 13.3. The lowest BCUT2D eigenvalue weighted by Crippen LogP contribution is -2.31. The SMILES string of the molecule is CCCOc1ccc(/C=C2/SC(=Nc3ccccc3)N(CCc3ccccc3)C2=O)cc1. The Labute approximate surface area is 193 Å². The first-order valence-corrected chi connectivity index (χ1v) is 11.7. The molecule has 0 aliphatic carbocycles. The Morgan fingerprint density at radius 1 is 0.938 bits per heavy atom. The van der Waals surface area contributed by atoms with E-state index in [1.165, 1.54) is 17.3 Å².